The third kappa shape index (κ3) is 4.64. The van der Waals surface area contributed by atoms with Crippen LogP contribution in [-0.2, 0) is 16.1 Å². The molecule has 1 unspecified atom stereocenters. The van der Waals surface area contributed by atoms with E-state index in [4.69, 9.17) is 0 Å². The van der Waals surface area contributed by atoms with Crippen molar-refractivity contribution in [3.8, 4) is 5.82 Å². The van der Waals surface area contributed by atoms with Crippen LogP contribution in [0.15, 0.2) is 59.9 Å². The number of benzene rings is 1. The number of pyridine rings is 1. The van der Waals surface area contributed by atoms with Gasteiger partial charge in [0.1, 0.15) is 11.1 Å². The minimum atomic E-state index is -0.433. The van der Waals surface area contributed by atoms with Gasteiger partial charge in [-0.1, -0.05) is 48.2 Å². The van der Waals surface area contributed by atoms with E-state index in [1.165, 1.54) is 11.8 Å². The number of likely N-dealkylation sites (tertiary alicyclic amines) is 2. The van der Waals surface area contributed by atoms with E-state index in [0.717, 1.165) is 44.5 Å². The molecule has 2 aliphatic heterocycles. The van der Waals surface area contributed by atoms with Gasteiger partial charge in [-0.3, -0.25) is 14.2 Å². The van der Waals surface area contributed by atoms with E-state index in [2.05, 4.69) is 15.2 Å². The Morgan fingerprint density at radius 1 is 0.970 bits per heavy atom. The molecule has 3 aromatic rings. The zero-order chi connectivity index (χ0) is 22.6. The lowest BCUT2D eigenvalue weighted by atomic mass is 10.1. The molecule has 0 saturated carbocycles. The highest BCUT2D eigenvalue weighted by Crippen LogP contribution is 2.38. The molecule has 2 saturated heterocycles. The van der Waals surface area contributed by atoms with Gasteiger partial charge in [0.05, 0.1) is 6.54 Å². The Morgan fingerprint density at radius 2 is 1.76 bits per heavy atom. The van der Waals surface area contributed by atoms with Gasteiger partial charge >= 0.3 is 0 Å². The minimum absolute atomic E-state index is 0.0931. The Kier molecular flexibility index (Phi) is 6.39. The van der Waals surface area contributed by atoms with E-state index in [0.29, 0.717) is 29.8 Å². The number of carbonyl (C=O) groups excluding carboxylic acids is 2. The van der Waals surface area contributed by atoms with Crippen molar-refractivity contribution in [3.05, 3.63) is 66.1 Å². The molecule has 2 fully saturated rings. The summed E-state index contributed by atoms with van der Waals surface area (Å²) in [6.45, 7) is 2.67. The highest BCUT2D eigenvalue weighted by Gasteiger charge is 2.32. The van der Waals surface area contributed by atoms with Crippen molar-refractivity contribution in [2.24, 2.45) is 0 Å². The molecule has 0 radical (unpaired) electrons. The summed E-state index contributed by atoms with van der Waals surface area (Å²) >= 11 is 1.39. The molecule has 0 N–H and O–H groups in total. The van der Waals surface area contributed by atoms with Gasteiger partial charge in [0.2, 0.25) is 11.8 Å². The molecule has 2 aromatic heterocycles. The van der Waals surface area contributed by atoms with E-state index >= 15 is 0 Å². The zero-order valence-electron chi connectivity index (χ0n) is 18.3. The predicted molar refractivity (Wildman–Crippen MR) is 125 cm³/mol. The van der Waals surface area contributed by atoms with Crippen molar-refractivity contribution in [3.63, 3.8) is 0 Å². The van der Waals surface area contributed by atoms with Crippen molar-refractivity contribution in [1.82, 2.24) is 29.5 Å². The highest BCUT2D eigenvalue weighted by molar-refractivity contribution is 8.00. The first-order valence-corrected chi connectivity index (χ1v) is 12.2. The standard InChI is InChI=1S/C24H26N6O2S/c31-21-12-8-16-29(21)17-20-26-27-24(30(20)19-11-4-5-13-25-19)33-22(18-9-2-1-3-10-18)23(32)28-14-6-7-15-28/h1-5,9-11,13,22H,6-8,12,14-17H2. The van der Waals surface area contributed by atoms with Gasteiger partial charge in [-0.25, -0.2) is 4.98 Å². The monoisotopic (exact) mass is 462 g/mol. The number of aromatic nitrogens is 4. The molecule has 8 nitrogen and oxygen atoms in total. The van der Waals surface area contributed by atoms with Gasteiger partial charge < -0.3 is 9.80 Å². The molecule has 5 rings (SSSR count). The molecule has 9 heteroatoms. The largest absolute Gasteiger partial charge is 0.341 e. The normalized spacial score (nSPS) is 17.0. The van der Waals surface area contributed by atoms with Crippen LogP contribution < -0.4 is 0 Å². The first-order chi connectivity index (χ1) is 16.2. The van der Waals surface area contributed by atoms with Crippen LogP contribution in [0, 0.1) is 0 Å². The smallest absolute Gasteiger partial charge is 0.240 e. The fraction of sp³-hybridized carbons (Fsp3) is 0.375. The second-order valence-corrected chi connectivity index (χ2v) is 9.35. The zero-order valence-corrected chi connectivity index (χ0v) is 19.2. The lowest BCUT2D eigenvalue weighted by Crippen LogP contribution is -2.31. The van der Waals surface area contributed by atoms with E-state index in [1.54, 1.807) is 6.20 Å². The quantitative estimate of drug-likeness (QED) is 0.501. The predicted octanol–water partition coefficient (Wildman–Crippen LogP) is 3.24. The summed E-state index contributed by atoms with van der Waals surface area (Å²) in [6, 6.07) is 15.5. The Bertz CT molecular complexity index is 1110. The number of amides is 2. The summed E-state index contributed by atoms with van der Waals surface area (Å²) in [4.78, 5) is 34.0. The van der Waals surface area contributed by atoms with E-state index in [-0.39, 0.29) is 11.8 Å². The summed E-state index contributed by atoms with van der Waals surface area (Å²) in [5.74, 6) is 1.54. The van der Waals surface area contributed by atoms with Crippen LogP contribution in [0.4, 0.5) is 0 Å². The van der Waals surface area contributed by atoms with Crippen LogP contribution >= 0.6 is 11.8 Å². The fourth-order valence-electron chi connectivity index (χ4n) is 4.33. The third-order valence-electron chi connectivity index (χ3n) is 6.05. The lowest BCUT2D eigenvalue weighted by molar-refractivity contribution is -0.130. The minimum Gasteiger partial charge on any atom is -0.341 e. The van der Waals surface area contributed by atoms with Crippen LogP contribution in [-0.4, -0.2) is 61.0 Å². The second kappa shape index (κ2) is 9.74. The summed E-state index contributed by atoms with van der Waals surface area (Å²) in [7, 11) is 0. The van der Waals surface area contributed by atoms with Crippen LogP contribution in [0.25, 0.3) is 5.82 Å². The molecule has 2 amide bonds. The molecule has 0 spiro atoms. The van der Waals surface area contributed by atoms with Crippen LogP contribution in [0.3, 0.4) is 0 Å². The summed E-state index contributed by atoms with van der Waals surface area (Å²) < 4.78 is 1.88. The topological polar surface area (TPSA) is 84.2 Å². The second-order valence-electron chi connectivity index (χ2n) is 8.28. The van der Waals surface area contributed by atoms with Crippen molar-refractivity contribution >= 4 is 23.6 Å². The SMILES string of the molecule is O=C1CCCN1Cc1nnc(SC(C(=O)N2CCCC2)c2ccccc2)n1-c1ccccn1. The summed E-state index contributed by atoms with van der Waals surface area (Å²) in [5, 5.41) is 9.05. The first kappa shape index (κ1) is 21.6. The Balaban J connectivity index is 1.51. The van der Waals surface area contributed by atoms with Crippen molar-refractivity contribution in [1.29, 1.82) is 0 Å². The maximum Gasteiger partial charge on any atom is 0.240 e. The molecule has 1 aromatic carbocycles. The molecule has 170 valence electrons. The Hall–Kier alpha value is -3.20. The number of nitrogens with zero attached hydrogens (tertiary/aromatic N) is 6. The number of thioether (sulfide) groups is 1. The maximum atomic E-state index is 13.5. The van der Waals surface area contributed by atoms with Gasteiger partial charge in [-0.2, -0.15) is 0 Å². The van der Waals surface area contributed by atoms with Crippen molar-refractivity contribution < 1.29 is 9.59 Å². The fourth-order valence-corrected chi connectivity index (χ4v) is 5.48. The molecule has 0 aliphatic carbocycles. The molecule has 4 heterocycles. The number of hydrogen-bond acceptors (Lipinski definition) is 6. The Morgan fingerprint density at radius 3 is 2.45 bits per heavy atom. The van der Waals surface area contributed by atoms with Crippen molar-refractivity contribution in [2.75, 3.05) is 19.6 Å². The van der Waals surface area contributed by atoms with Gasteiger partial charge in [-0.05, 0) is 37.0 Å². The number of carbonyl (C=O) groups is 2. The molecular formula is C24H26N6O2S. The molecule has 0 bridgehead atoms. The average molecular weight is 463 g/mol. The number of hydrogen-bond donors (Lipinski definition) is 0. The summed E-state index contributed by atoms with van der Waals surface area (Å²) in [6.07, 6.45) is 5.23. The first-order valence-electron chi connectivity index (χ1n) is 11.3. The van der Waals surface area contributed by atoms with Gasteiger partial charge in [0.25, 0.3) is 0 Å². The van der Waals surface area contributed by atoms with Crippen molar-refractivity contribution in [2.45, 2.75) is 42.6 Å². The molecule has 2 aliphatic rings. The maximum absolute atomic E-state index is 13.5. The van der Waals surface area contributed by atoms with E-state index < -0.39 is 5.25 Å². The molecular weight excluding hydrogens is 436 g/mol. The molecule has 33 heavy (non-hydrogen) atoms. The average Bonchev–Trinajstić information content (AvgIpc) is 3.61. The van der Waals surface area contributed by atoms with Crippen LogP contribution in [0.2, 0.25) is 0 Å². The Labute approximate surface area is 197 Å². The van der Waals surface area contributed by atoms with Crippen LogP contribution in [0.1, 0.15) is 42.3 Å². The highest BCUT2D eigenvalue weighted by atomic mass is 32.2. The van der Waals surface area contributed by atoms with Gasteiger partial charge in [-0.15, -0.1) is 10.2 Å². The van der Waals surface area contributed by atoms with Gasteiger partial charge in [0, 0.05) is 32.3 Å². The molecule has 1 atom stereocenters. The third-order valence-corrected chi connectivity index (χ3v) is 7.23. The van der Waals surface area contributed by atoms with E-state index in [1.807, 2.05) is 62.9 Å². The van der Waals surface area contributed by atoms with E-state index in [9.17, 15) is 9.59 Å². The van der Waals surface area contributed by atoms with Gasteiger partial charge in [0.15, 0.2) is 11.0 Å². The number of rotatable bonds is 7. The summed E-state index contributed by atoms with van der Waals surface area (Å²) in [5.41, 5.74) is 0.936. The lowest BCUT2D eigenvalue weighted by Gasteiger charge is -2.23. The van der Waals surface area contributed by atoms with Crippen LogP contribution in [0.5, 0.6) is 0 Å².